The summed E-state index contributed by atoms with van der Waals surface area (Å²) in [6.45, 7) is 13.4. The third-order valence-electron chi connectivity index (χ3n) is 7.23. The van der Waals surface area contributed by atoms with Crippen LogP contribution >= 0.6 is 0 Å². The lowest BCUT2D eigenvalue weighted by Crippen LogP contribution is -2.19. The molecule has 1 heterocycles. The van der Waals surface area contributed by atoms with Crippen molar-refractivity contribution >= 4 is 38.6 Å². The first-order valence-corrected chi connectivity index (χ1v) is 12.4. The minimum absolute atomic E-state index is 0.0960. The number of rotatable bonds is 1. The second-order valence-corrected chi connectivity index (χ2v) is 10.9. The fourth-order valence-electron chi connectivity index (χ4n) is 5.41. The molecule has 1 aliphatic rings. The summed E-state index contributed by atoms with van der Waals surface area (Å²) < 4.78 is 6.83. The van der Waals surface area contributed by atoms with E-state index in [4.69, 9.17) is 4.74 Å². The fraction of sp³-hybridized carbons (Fsp3) is 0.212. The molecule has 35 heavy (non-hydrogen) atoms. The molecule has 2 nitrogen and oxygen atoms in total. The molecule has 0 atom stereocenters. The van der Waals surface area contributed by atoms with Gasteiger partial charge in [0.1, 0.15) is 0 Å². The smallest absolute Gasteiger partial charge is 0.159 e. The zero-order valence-electron chi connectivity index (χ0n) is 21.4. The monoisotopic (exact) mass is 457 g/mol. The lowest BCUT2D eigenvalue weighted by molar-refractivity contribution is 0.488. The van der Waals surface area contributed by atoms with Gasteiger partial charge in [-0.3, -0.25) is 0 Å². The van der Waals surface area contributed by atoms with Gasteiger partial charge in [-0.1, -0.05) is 87.0 Å². The van der Waals surface area contributed by atoms with Gasteiger partial charge in [0.2, 0.25) is 0 Å². The van der Waals surface area contributed by atoms with Crippen molar-refractivity contribution in [3.63, 3.8) is 0 Å². The average molecular weight is 458 g/mol. The molecule has 174 valence electrons. The van der Waals surface area contributed by atoms with Crippen molar-refractivity contribution in [1.82, 2.24) is 0 Å². The Morgan fingerprint density at radius 3 is 1.86 bits per heavy atom. The number of aryl methyl sites for hydroxylation is 3. The van der Waals surface area contributed by atoms with Gasteiger partial charge in [0.05, 0.1) is 17.1 Å². The Hall–Kier alpha value is -3.78. The molecule has 5 aromatic carbocycles. The maximum Gasteiger partial charge on any atom is 0.159 e. The largest absolute Gasteiger partial charge is 0.452 e. The highest BCUT2D eigenvalue weighted by molar-refractivity contribution is 6.04. The maximum absolute atomic E-state index is 6.83. The summed E-state index contributed by atoms with van der Waals surface area (Å²) in [5, 5.41) is 4.65. The van der Waals surface area contributed by atoms with E-state index >= 15 is 0 Å². The van der Waals surface area contributed by atoms with Gasteiger partial charge in [0.25, 0.3) is 0 Å². The average Bonchev–Trinajstić information content (AvgIpc) is 2.82. The van der Waals surface area contributed by atoms with Crippen molar-refractivity contribution < 1.29 is 4.74 Å². The molecule has 0 saturated heterocycles. The number of hydrogen-bond donors (Lipinski definition) is 0. The summed E-state index contributed by atoms with van der Waals surface area (Å²) in [7, 11) is 0. The predicted octanol–water partition coefficient (Wildman–Crippen LogP) is 9.79. The van der Waals surface area contributed by atoms with Crippen LogP contribution in [0, 0.1) is 20.8 Å². The fourth-order valence-corrected chi connectivity index (χ4v) is 5.41. The highest BCUT2D eigenvalue weighted by atomic mass is 16.5. The first kappa shape index (κ1) is 21.7. The molecule has 0 saturated carbocycles. The van der Waals surface area contributed by atoms with Gasteiger partial charge in [-0.25, -0.2) is 0 Å². The zero-order valence-corrected chi connectivity index (χ0v) is 21.4. The number of nitrogens with zero attached hydrogens (tertiary/aromatic N) is 1. The Labute approximate surface area is 207 Å². The summed E-state index contributed by atoms with van der Waals surface area (Å²) in [5.74, 6) is 1.84. The topological polar surface area (TPSA) is 12.5 Å². The Kier molecular flexibility index (Phi) is 4.73. The Morgan fingerprint density at radius 2 is 1.20 bits per heavy atom. The van der Waals surface area contributed by atoms with E-state index in [1.54, 1.807) is 0 Å². The summed E-state index contributed by atoms with van der Waals surface area (Å²) in [6, 6.07) is 28.6. The van der Waals surface area contributed by atoms with E-state index in [0.717, 1.165) is 33.6 Å². The molecular weight excluding hydrogens is 426 g/mol. The minimum Gasteiger partial charge on any atom is -0.452 e. The molecule has 0 aromatic heterocycles. The summed E-state index contributed by atoms with van der Waals surface area (Å²) in [4.78, 5) is 2.42. The van der Waals surface area contributed by atoms with E-state index in [0.29, 0.717) is 0 Å². The summed E-state index contributed by atoms with van der Waals surface area (Å²) in [6.07, 6.45) is 0. The quantitative estimate of drug-likeness (QED) is 0.244. The maximum atomic E-state index is 6.83. The van der Waals surface area contributed by atoms with Gasteiger partial charge >= 0.3 is 0 Å². The molecule has 0 N–H and O–H groups in total. The van der Waals surface area contributed by atoms with Crippen molar-refractivity contribution in [2.75, 3.05) is 4.90 Å². The standard InChI is InChI=1S/C33H31NO/c1-20-11-12-24-14-16-29-32(27(24)17-20)35-31-26-10-8-7-9-23(26)13-15-28(31)34(29)30-21(2)18-25(19-22(30)3)33(4,5)6/h7-19H,1-6H3. The number of fused-ring (bicyclic) bond motifs is 6. The number of benzene rings is 5. The third-order valence-corrected chi connectivity index (χ3v) is 7.23. The van der Waals surface area contributed by atoms with Crippen LogP contribution in [0.5, 0.6) is 11.5 Å². The zero-order chi connectivity index (χ0) is 24.5. The summed E-state index contributed by atoms with van der Waals surface area (Å²) >= 11 is 0. The molecule has 0 fully saturated rings. The van der Waals surface area contributed by atoms with Gasteiger partial charge in [0, 0.05) is 10.8 Å². The van der Waals surface area contributed by atoms with Crippen molar-refractivity contribution in [3.05, 3.63) is 101 Å². The van der Waals surface area contributed by atoms with E-state index in [1.807, 2.05) is 0 Å². The minimum atomic E-state index is 0.0960. The predicted molar refractivity (Wildman–Crippen MR) is 149 cm³/mol. The molecule has 0 unspecified atom stereocenters. The van der Waals surface area contributed by atoms with E-state index in [2.05, 4.69) is 125 Å². The van der Waals surface area contributed by atoms with E-state index in [9.17, 15) is 0 Å². The first-order valence-electron chi connectivity index (χ1n) is 12.4. The Morgan fingerprint density at radius 1 is 0.629 bits per heavy atom. The molecule has 0 radical (unpaired) electrons. The molecule has 0 bridgehead atoms. The van der Waals surface area contributed by atoms with Crippen LogP contribution in [0.1, 0.15) is 43.0 Å². The van der Waals surface area contributed by atoms with Crippen LogP contribution in [-0.2, 0) is 5.41 Å². The molecule has 2 heteroatoms. The van der Waals surface area contributed by atoms with Crippen LogP contribution in [-0.4, -0.2) is 0 Å². The molecule has 5 aromatic rings. The third kappa shape index (κ3) is 3.39. The number of hydrogen-bond acceptors (Lipinski definition) is 2. The Bertz CT molecular complexity index is 1610. The van der Waals surface area contributed by atoms with Crippen molar-refractivity contribution in [2.24, 2.45) is 0 Å². The second-order valence-electron chi connectivity index (χ2n) is 10.9. The normalized spacial score (nSPS) is 13.0. The van der Waals surface area contributed by atoms with Crippen molar-refractivity contribution in [2.45, 2.75) is 47.0 Å². The number of anilines is 3. The first-order chi connectivity index (χ1) is 16.7. The van der Waals surface area contributed by atoms with Crippen LogP contribution in [0.4, 0.5) is 17.1 Å². The van der Waals surface area contributed by atoms with E-state index in [-0.39, 0.29) is 5.41 Å². The van der Waals surface area contributed by atoms with Gasteiger partial charge < -0.3 is 9.64 Å². The SMILES string of the molecule is Cc1ccc2ccc3c(c2c1)Oc1c(ccc2ccccc12)N3c1c(C)cc(C(C)(C)C)cc1C. The lowest BCUT2D eigenvalue weighted by Gasteiger charge is -2.36. The molecule has 6 rings (SSSR count). The van der Waals surface area contributed by atoms with Crippen LogP contribution in [0.2, 0.25) is 0 Å². The molecule has 0 spiro atoms. The second kappa shape index (κ2) is 7.61. The van der Waals surface area contributed by atoms with Gasteiger partial charge in [-0.15, -0.1) is 0 Å². The van der Waals surface area contributed by atoms with Crippen LogP contribution < -0.4 is 9.64 Å². The molecule has 0 amide bonds. The van der Waals surface area contributed by atoms with Crippen molar-refractivity contribution in [3.8, 4) is 11.5 Å². The van der Waals surface area contributed by atoms with Crippen LogP contribution in [0.3, 0.4) is 0 Å². The Balaban J connectivity index is 1.70. The number of ether oxygens (including phenoxy) is 1. The van der Waals surface area contributed by atoms with E-state index < -0.39 is 0 Å². The van der Waals surface area contributed by atoms with Crippen LogP contribution in [0.25, 0.3) is 21.5 Å². The lowest BCUT2D eigenvalue weighted by atomic mass is 9.84. The van der Waals surface area contributed by atoms with Crippen molar-refractivity contribution in [1.29, 1.82) is 0 Å². The van der Waals surface area contributed by atoms with Gasteiger partial charge in [0.15, 0.2) is 11.5 Å². The highest BCUT2D eigenvalue weighted by Crippen LogP contribution is 2.56. The van der Waals surface area contributed by atoms with Crippen LogP contribution in [0.15, 0.2) is 78.9 Å². The van der Waals surface area contributed by atoms with E-state index in [1.165, 1.54) is 38.7 Å². The highest BCUT2D eigenvalue weighted by Gasteiger charge is 2.31. The summed E-state index contributed by atoms with van der Waals surface area (Å²) in [5.41, 5.74) is 8.62. The molecule has 1 aliphatic heterocycles. The van der Waals surface area contributed by atoms with Gasteiger partial charge in [-0.2, -0.15) is 0 Å². The molecular formula is C33H31NO. The molecule has 0 aliphatic carbocycles. The van der Waals surface area contributed by atoms with Gasteiger partial charge in [-0.05, 0) is 71.8 Å².